The number of pyridine rings is 1. The highest BCUT2D eigenvalue weighted by Crippen LogP contribution is 2.29. The molecule has 1 saturated heterocycles. The Morgan fingerprint density at radius 1 is 0.812 bits per heavy atom. The summed E-state index contributed by atoms with van der Waals surface area (Å²) in [6, 6.07) is 12.2. The van der Waals surface area contributed by atoms with Crippen molar-refractivity contribution in [2.45, 2.75) is 13.0 Å². The normalized spacial score (nSPS) is 16.8. The minimum Gasteiger partial charge on any atom is -0.368 e. The molecule has 32 heavy (non-hydrogen) atoms. The molecule has 0 atom stereocenters. The van der Waals surface area contributed by atoms with Crippen molar-refractivity contribution in [2.24, 2.45) is 7.05 Å². The molecule has 2 N–H and O–H groups in total. The second kappa shape index (κ2) is 8.27. The second-order valence-electron chi connectivity index (χ2n) is 8.75. The van der Waals surface area contributed by atoms with Gasteiger partial charge in [0.15, 0.2) is 0 Å². The van der Waals surface area contributed by atoms with Gasteiger partial charge in [-0.2, -0.15) is 9.97 Å². The van der Waals surface area contributed by atoms with Crippen molar-refractivity contribution in [2.75, 3.05) is 55.3 Å². The molecule has 8 nitrogen and oxygen atoms in total. The van der Waals surface area contributed by atoms with E-state index in [-0.39, 0.29) is 5.56 Å². The van der Waals surface area contributed by atoms with Crippen LogP contribution in [0.5, 0.6) is 0 Å². The van der Waals surface area contributed by atoms with Crippen LogP contribution in [0.25, 0.3) is 11.1 Å². The number of aryl methyl sites for hydroxylation is 1. The largest absolute Gasteiger partial charge is 0.368 e. The topological polar surface area (TPSA) is 83.5 Å². The molecule has 1 fully saturated rings. The smallest absolute Gasteiger partial charge is 0.250 e. The van der Waals surface area contributed by atoms with E-state index in [1.165, 1.54) is 11.1 Å². The highest BCUT2D eigenvalue weighted by atomic mass is 16.1. The van der Waals surface area contributed by atoms with E-state index in [9.17, 15) is 4.79 Å². The van der Waals surface area contributed by atoms with Crippen LogP contribution in [0.15, 0.2) is 47.4 Å². The molecular formula is C24H29N7O. The molecule has 0 unspecified atom stereocenters. The molecule has 4 heterocycles. The van der Waals surface area contributed by atoms with Crippen molar-refractivity contribution < 1.29 is 0 Å². The molecule has 0 spiro atoms. The summed E-state index contributed by atoms with van der Waals surface area (Å²) in [5.41, 5.74) is 10.7. The van der Waals surface area contributed by atoms with Crippen LogP contribution in [0.4, 0.5) is 17.6 Å². The highest BCUT2D eigenvalue weighted by molar-refractivity contribution is 5.65. The fourth-order valence-electron chi connectivity index (χ4n) is 4.46. The molecule has 3 aromatic rings. The Bertz CT molecular complexity index is 1200. The lowest BCUT2D eigenvalue weighted by atomic mass is 9.95. The average Bonchev–Trinajstić information content (AvgIpc) is 2.80. The van der Waals surface area contributed by atoms with Crippen LogP contribution in [-0.4, -0.2) is 59.2 Å². The second-order valence-corrected chi connectivity index (χ2v) is 8.75. The first kappa shape index (κ1) is 20.5. The Balaban J connectivity index is 1.41. The Labute approximate surface area is 187 Å². The van der Waals surface area contributed by atoms with E-state index < -0.39 is 0 Å². The third kappa shape index (κ3) is 4.05. The Morgan fingerprint density at radius 2 is 1.53 bits per heavy atom. The van der Waals surface area contributed by atoms with E-state index in [4.69, 9.17) is 5.73 Å². The van der Waals surface area contributed by atoms with Crippen LogP contribution in [0.2, 0.25) is 0 Å². The number of nitrogen functional groups attached to an aromatic ring is 1. The molecule has 1 aromatic carbocycles. The zero-order valence-corrected chi connectivity index (χ0v) is 18.7. The summed E-state index contributed by atoms with van der Waals surface area (Å²) < 4.78 is 1.58. The molecule has 166 valence electrons. The monoisotopic (exact) mass is 431 g/mol. The maximum atomic E-state index is 12.1. The van der Waals surface area contributed by atoms with E-state index in [1.807, 2.05) is 12.3 Å². The van der Waals surface area contributed by atoms with Crippen molar-refractivity contribution >= 4 is 17.6 Å². The minimum absolute atomic E-state index is 0.00487. The summed E-state index contributed by atoms with van der Waals surface area (Å²) in [5.74, 6) is 2.09. The van der Waals surface area contributed by atoms with Gasteiger partial charge in [-0.05, 0) is 47.9 Å². The van der Waals surface area contributed by atoms with Crippen molar-refractivity contribution in [3.63, 3.8) is 0 Å². The number of nitrogens with two attached hydrogens (primary N) is 1. The summed E-state index contributed by atoms with van der Waals surface area (Å²) in [4.78, 5) is 28.0. The molecule has 0 radical (unpaired) electrons. The zero-order valence-electron chi connectivity index (χ0n) is 18.7. The Hall–Kier alpha value is -3.39. The number of benzene rings is 1. The van der Waals surface area contributed by atoms with Gasteiger partial charge in [-0.25, -0.2) is 0 Å². The van der Waals surface area contributed by atoms with Gasteiger partial charge in [-0.15, -0.1) is 0 Å². The Morgan fingerprint density at radius 3 is 2.28 bits per heavy atom. The molecular weight excluding hydrogens is 402 g/mol. The lowest BCUT2D eigenvalue weighted by Crippen LogP contribution is -2.45. The van der Waals surface area contributed by atoms with Gasteiger partial charge in [0.1, 0.15) is 11.6 Å². The molecule has 5 rings (SSSR count). The predicted octanol–water partition coefficient (Wildman–Crippen LogP) is 1.74. The summed E-state index contributed by atoms with van der Waals surface area (Å²) in [6.45, 7) is 5.55. The summed E-state index contributed by atoms with van der Waals surface area (Å²) in [5, 5.41) is 0. The molecule has 2 aromatic heterocycles. The van der Waals surface area contributed by atoms with E-state index in [2.05, 4.69) is 56.0 Å². The highest BCUT2D eigenvalue weighted by Gasteiger charge is 2.22. The first-order valence-corrected chi connectivity index (χ1v) is 11.1. The average molecular weight is 432 g/mol. The SMILES string of the molecule is CN1CCN(c2cc(N3CCc4ccc(-c5ccn(C)c(=O)c5)cc4C3)nc(N)n2)CC1. The van der Waals surface area contributed by atoms with Gasteiger partial charge in [0.05, 0.1) is 0 Å². The fraction of sp³-hybridized carbons (Fsp3) is 0.375. The predicted molar refractivity (Wildman–Crippen MR) is 128 cm³/mol. The lowest BCUT2D eigenvalue weighted by Gasteiger charge is -2.34. The van der Waals surface area contributed by atoms with Crippen LogP contribution in [0.1, 0.15) is 11.1 Å². The Kier molecular flexibility index (Phi) is 5.30. The van der Waals surface area contributed by atoms with Crippen LogP contribution in [0, 0.1) is 0 Å². The quantitative estimate of drug-likeness (QED) is 0.676. The third-order valence-electron chi connectivity index (χ3n) is 6.52. The van der Waals surface area contributed by atoms with Crippen molar-refractivity contribution in [3.8, 4) is 11.1 Å². The van der Waals surface area contributed by atoms with Gasteiger partial charge in [0, 0.05) is 64.6 Å². The molecule has 2 aliphatic heterocycles. The number of piperazine rings is 1. The van der Waals surface area contributed by atoms with Gasteiger partial charge in [-0.3, -0.25) is 4.79 Å². The number of anilines is 3. The number of nitrogens with zero attached hydrogens (tertiary/aromatic N) is 6. The number of fused-ring (bicyclic) bond motifs is 1. The number of hydrogen-bond donors (Lipinski definition) is 1. The molecule has 0 saturated carbocycles. The van der Waals surface area contributed by atoms with Gasteiger partial charge in [-0.1, -0.05) is 12.1 Å². The van der Waals surface area contributed by atoms with E-state index in [1.54, 1.807) is 17.7 Å². The maximum absolute atomic E-state index is 12.1. The lowest BCUT2D eigenvalue weighted by molar-refractivity contribution is 0.312. The molecule has 2 aliphatic rings. The van der Waals surface area contributed by atoms with Crippen LogP contribution < -0.4 is 21.1 Å². The van der Waals surface area contributed by atoms with E-state index in [0.29, 0.717) is 5.95 Å². The summed E-state index contributed by atoms with van der Waals surface area (Å²) >= 11 is 0. The number of aromatic nitrogens is 3. The van der Waals surface area contributed by atoms with Crippen molar-refractivity contribution in [1.82, 2.24) is 19.4 Å². The van der Waals surface area contributed by atoms with Crippen molar-refractivity contribution in [1.29, 1.82) is 0 Å². The van der Waals surface area contributed by atoms with Gasteiger partial charge >= 0.3 is 0 Å². The standard InChI is InChI=1S/C24H29N7O/c1-28-9-11-30(12-10-28)21-15-22(27-24(25)26-21)31-8-6-17-3-4-18(13-20(17)16-31)19-5-7-29(2)23(32)14-19/h3-5,7,13-15H,6,8-12,16H2,1-2H3,(H2,25,26,27). The third-order valence-corrected chi connectivity index (χ3v) is 6.52. The number of hydrogen-bond acceptors (Lipinski definition) is 7. The van der Waals surface area contributed by atoms with Crippen LogP contribution in [0.3, 0.4) is 0 Å². The van der Waals surface area contributed by atoms with Crippen LogP contribution >= 0.6 is 0 Å². The molecule has 0 amide bonds. The van der Waals surface area contributed by atoms with Gasteiger partial charge in [0.25, 0.3) is 5.56 Å². The minimum atomic E-state index is -0.00487. The fourth-order valence-corrected chi connectivity index (χ4v) is 4.46. The summed E-state index contributed by atoms with van der Waals surface area (Å²) in [7, 11) is 3.91. The number of likely N-dealkylation sites (N-methyl/N-ethyl adjacent to an activating group) is 1. The van der Waals surface area contributed by atoms with Gasteiger partial charge < -0.3 is 25.0 Å². The molecule has 8 heteroatoms. The molecule has 0 bridgehead atoms. The van der Waals surface area contributed by atoms with E-state index >= 15 is 0 Å². The first-order valence-electron chi connectivity index (χ1n) is 11.1. The van der Waals surface area contributed by atoms with E-state index in [0.717, 1.165) is 68.5 Å². The van der Waals surface area contributed by atoms with Crippen molar-refractivity contribution in [3.05, 3.63) is 64.1 Å². The van der Waals surface area contributed by atoms with Gasteiger partial charge in [0.2, 0.25) is 5.95 Å². The summed E-state index contributed by atoms with van der Waals surface area (Å²) in [6.07, 6.45) is 2.76. The van der Waals surface area contributed by atoms with Crippen LogP contribution in [-0.2, 0) is 20.0 Å². The molecule has 0 aliphatic carbocycles. The first-order chi connectivity index (χ1) is 15.5. The maximum Gasteiger partial charge on any atom is 0.250 e. The number of rotatable bonds is 3. The zero-order chi connectivity index (χ0) is 22.2.